The Morgan fingerprint density at radius 3 is 2.94 bits per heavy atom. The number of esters is 1. The van der Waals surface area contributed by atoms with Gasteiger partial charge in [-0.15, -0.1) is 11.3 Å². The summed E-state index contributed by atoms with van der Waals surface area (Å²) in [5, 5.41) is 5.66. The predicted octanol–water partition coefficient (Wildman–Crippen LogP) is 2.74. The van der Waals surface area contributed by atoms with E-state index in [2.05, 4.69) is 22.8 Å². The number of nitrogens with one attached hydrogen (secondary N) is 1. The summed E-state index contributed by atoms with van der Waals surface area (Å²) in [5.74, 6) is 0.597. The number of hydrogen-bond acceptors (Lipinski definition) is 4. The fourth-order valence-corrected chi connectivity index (χ4v) is 2.93. The number of methoxy groups -OCH3 is 1. The van der Waals surface area contributed by atoms with E-state index < -0.39 is 0 Å². The Balaban J connectivity index is 1.92. The van der Waals surface area contributed by atoms with E-state index in [0.717, 1.165) is 5.92 Å². The molecule has 0 aliphatic heterocycles. The summed E-state index contributed by atoms with van der Waals surface area (Å²) in [4.78, 5) is 12.6. The van der Waals surface area contributed by atoms with Gasteiger partial charge in [0.2, 0.25) is 0 Å². The van der Waals surface area contributed by atoms with Crippen LogP contribution in [0.3, 0.4) is 0 Å². The van der Waals surface area contributed by atoms with Crippen LogP contribution in [0.1, 0.15) is 37.1 Å². The Hall–Kier alpha value is -0.870. The topological polar surface area (TPSA) is 38.3 Å². The highest BCUT2D eigenvalue weighted by Gasteiger charge is 2.33. The second-order valence-corrected chi connectivity index (χ2v) is 5.66. The summed E-state index contributed by atoms with van der Waals surface area (Å²) < 4.78 is 4.69. The standard InChI is InChI=1S/C13H19NO2S/c1-9(8-12(15)16-2)14-13(10-5-6-10)11-4-3-7-17-11/h3-4,7,9-10,13-14H,5-6,8H2,1-2H3. The molecule has 1 aromatic rings. The monoisotopic (exact) mass is 253 g/mol. The molecule has 2 rings (SSSR count). The molecule has 1 aromatic heterocycles. The van der Waals surface area contributed by atoms with Gasteiger partial charge in [0.1, 0.15) is 0 Å². The first kappa shape index (κ1) is 12.6. The fourth-order valence-electron chi connectivity index (χ4n) is 2.05. The maximum atomic E-state index is 11.2. The molecule has 0 spiro atoms. The van der Waals surface area contributed by atoms with Crippen molar-refractivity contribution in [3.05, 3.63) is 22.4 Å². The van der Waals surface area contributed by atoms with Crippen molar-refractivity contribution >= 4 is 17.3 Å². The molecule has 2 atom stereocenters. The summed E-state index contributed by atoms with van der Waals surface area (Å²) in [6.45, 7) is 2.04. The molecule has 1 heterocycles. The van der Waals surface area contributed by atoms with Crippen molar-refractivity contribution in [3.63, 3.8) is 0 Å². The van der Waals surface area contributed by atoms with Crippen molar-refractivity contribution in [2.45, 2.75) is 38.3 Å². The normalized spacial score (nSPS) is 18.7. The van der Waals surface area contributed by atoms with Crippen LogP contribution in [0.5, 0.6) is 0 Å². The predicted molar refractivity (Wildman–Crippen MR) is 69.0 cm³/mol. The molecule has 0 amide bonds. The van der Waals surface area contributed by atoms with E-state index >= 15 is 0 Å². The van der Waals surface area contributed by atoms with Crippen LogP contribution in [0.15, 0.2) is 17.5 Å². The average Bonchev–Trinajstić information content (AvgIpc) is 3.00. The van der Waals surface area contributed by atoms with E-state index in [1.165, 1.54) is 24.8 Å². The Kier molecular flexibility index (Phi) is 4.18. The number of ether oxygens (including phenoxy) is 1. The fraction of sp³-hybridized carbons (Fsp3) is 0.615. The molecular formula is C13H19NO2S. The molecule has 0 bridgehead atoms. The van der Waals surface area contributed by atoms with Crippen LogP contribution in [0.4, 0.5) is 0 Å². The maximum Gasteiger partial charge on any atom is 0.307 e. The molecule has 0 saturated heterocycles. The number of carbonyl (C=O) groups is 1. The third kappa shape index (κ3) is 3.54. The van der Waals surface area contributed by atoms with Crippen molar-refractivity contribution in [2.24, 2.45) is 5.92 Å². The molecule has 1 saturated carbocycles. The molecule has 1 fully saturated rings. The minimum absolute atomic E-state index is 0.147. The molecule has 1 aliphatic rings. The highest BCUT2D eigenvalue weighted by atomic mass is 32.1. The second-order valence-electron chi connectivity index (χ2n) is 4.68. The highest BCUT2D eigenvalue weighted by Crippen LogP contribution is 2.42. The van der Waals surface area contributed by atoms with Crippen LogP contribution in [-0.4, -0.2) is 19.1 Å². The maximum absolute atomic E-state index is 11.2. The van der Waals surface area contributed by atoms with Crippen molar-refractivity contribution in [1.29, 1.82) is 0 Å². The molecule has 2 unspecified atom stereocenters. The molecule has 1 aliphatic carbocycles. The van der Waals surface area contributed by atoms with Crippen LogP contribution in [0, 0.1) is 5.92 Å². The molecule has 4 heteroatoms. The minimum atomic E-state index is -0.147. The highest BCUT2D eigenvalue weighted by molar-refractivity contribution is 7.10. The lowest BCUT2D eigenvalue weighted by molar-refractivity contribution is -0.141. The first-order valence-electron chi connectivity index (χ1n) is 6.07. The van der Waals surface area contributed by atoms with Gasteiger partial charge in [-0.2, -0.15) is 0 Å². The van der Waals surface area contributed by atoms with Gasteiger partial charge in [0.15, 0.2) is 0 Å². The summed E-state index contributed by atoms with van der Waals surface area (Å²) in [6.07, 6.45) is 3.02. The van der Waals surface area contributed by atoms with Gasteiger partial charge < -0.3 is 10.1 Å². The van der Waals surface area contributed by atoms with E-state index in [-0.39, 0.29) is 12.0 Å². The Morgan fingerprint density at radius 1 is 1.65 bits per heavy atom. The summed E-state index contributed by atoms with van der Waals surface area (Å²) in [5.41, 5.74) is 0. The SMILES string of the molecule is COC(=O)CC(C)NC(c1cccs1)C1CC1. The van der Waals surface area contributed by atoms with Gasteiger partial charge >= 0.3 is 5.97 Å². The molecular weight excluding hydrogens is 234 g/mol. The zero-order valence-electron chi connectivity index (χ0n) is 10.3. The second kappa shape index (κ2) is 5.65. The molecule has 94 valence electrons. The molecule has 17 heavy (non-hydrogen) atoms. The molecule has 1 N–H and O–H groups in total. The van der Waals surface area contributed by atoms with Crippen LogP contribution < -0.4 is 5.32 Å². The van der Waals surface area contributed by atoms with Crippen LogP contribution >= 0.6 is 11.3 Å². The van der Waals surface area contributed by atoms with E-state index in [1.807, 2.05) is 6.92 Å². The number of thiophene rings is 1. The third-order valence-corrected chi connectivity index (χ3v) is 4.06. The van der Waals surface area contributed by atoms with E-state index in [0.29, 0.717) is 12.5 Å². The zero-order chi connectivity index (χ0) is 12.3. The van der Waals surface area contributed by atoms with Crippen molar-refractivity contribution in [2.75, 3.05) is 7.11 Å². The quantitative estimate of drug-likeness (QED) is 0.792. The lowest BCUT2D eigenvalue weighted by Crippen LogP contribution is -2.33. The largest absolute Gasteiger partial charge is 0.469 e. The van der Waals surface area contributed by atoms with Gasteiger partial charge in [0, 0.05) is 17.0 Å². The summed E-state index contributed by atoms with van der Waals surface area (Å²) >= 11 is 1.79. The summed E-state index contributed by atoms with van der Waals surface area (Å²) in [6, 6.07) is 4.83. The minimum Gasteiger partial charge on any atom is -0.469 e. The van der Waals surface area contributed by atoms with Gasteiger partial charge in [-0.25, -0.2) is 0 Å². The van der Waals surface area contributed by atoms with Gasteiger partial charge in [0.25, 0.3) is 0 Å². The van der Waals surface area contributed by atoms with Crippen molar-refractivity contribution in [1.82, 2.24) is 5.32 Å². The zero-order valence-corrected chi connectivity index (χ0v) is 11.1. The van der Waals surface area contributed by atoms with E-state index in [9.17, 15) is 4.79 Å². The van der Waals surface area contributed by atoms with Crippen molar-refractivity contribution in [3.8, 4) is 0 Å². The van der Waals surface area contributed by atoms with Crippen LogP contribution in [-0.2, 0) is 9.53 Å². The molecule has 0 radical (unpaired) electrons. The van der Waals surface area contributed by atoms with Gasteiger partial charge in [-0.1, -0.05) is 6.07 Å². The Bertz CT molecular complexity index is 360. The van der Waals surface area contributed by atoms with Gasteiger partial charge in [0.05, 0.1) is 13.5 Å². The van der Waals surface area contributed by atoms with Gasteiger partial charge in [-0.3, -0.25) is 4.79 Å². The molecule has 0 aromatic carbocycles. The lowest BCUT2D eigenvalue weighted by Gasteiger charge is -2.21. The smallest absolute Gasteiger partial charge is 0.307 e. The van der Waals surface area contributed by atoms with Crippen LogP contribution in [0.2, 0.25) is 0 Å². The summed E-state index contributed by atoms with van der Waals surface area (Å²) in [7, 11) is 1.44. The Morgan fingerprint density at radius 2 is 2.41 bits per heavy atom. The lowest BCUT2D eigenvalue weighted by atomic mass is 10.1. The number of hydrogen-bond donors (Lipinski definition) is 1. The third-order valence-electron chi connectivity index (χ3n) is 3.11. The number of rotatable bonds is 6. The first-order valence-corrected chi connectivity index (χ1v) is 6.95. The number of carbonyl (C=O) groups excluding carboxylic acids is 1. The average molecular weight is 253 g/mol. The van der Waals surface area contributed by atoms with Gasteiger partial charge in [-0.05, 0) is 37.1 Å². The van der Waals surface area contributed by atoms with E-state index in [1.54, 1.807) is 11.3 Å². The van der Waals surface area contributed by atoms with Crippen molar-refractivity contribution < 1.29 is 9.53 Å². The molecule has 3 nitrogen and oxygen atoms in total. The Labute approximate surface area is 106 Å². The first-order chi connectivity index (χ1) is 8.20. The van der Waals surface area contributed by atoms with E-state index in [4.69, 9.17) is 4.74 Å². The van der Waals surface area contributed by atoms with Crippen LogP contribution in [0.25, 0.3) is 0 Å².